The summed E-state index contributed by atoms with van der Waals surface area (Å²) >= 11 is 0. The van der Waals surface area contributed by atoms with E-state index in [1.54, 1.807) is 4.90 Å². The molecule has 2 aliphatic rings. The lowest BCUT2D eigenvalue weighted by Gasteiger charge is -2.37. The van der Waals surface area contributed by atoms with Gasteiger partial charge in [-0.05, 0) is 19.9 Å². The second-order valence-electron chi connectivity index (χ2n) is 6.92. The molecule has 2 saturated heterocycles. The number of terminal acetylenes is 1. The van der Waals surface area contributed by atoms with Crippen molar-refractivity contribution >= 4 is 34.9 Å². The van der Waals surface area contributed by atoms with Crippen molar-refractivity contribution in [1.29, 1.82) is 0 Å². The highest BCUT2D eigenvalue weighted by Gasteiger charge is 2.38. The van der Waals surface area contributed by atoms with Gasteiger partial charge in [-0.15, -0.1) is 6.42 Å². The van der Waals surface area contributed by atoms with Crippen molar-refractivity contribution < 1.29 is 28.0 Å². The number of carbonyl (C=O) groups is 2. The van der Waals surface area contributed by atoms with E-state index in [0.29, 0.717) is 19.4 Å². The molecule has 1 aromatic carbocycles. The number of aldehydes is 1. The summed E-state index contributed by atoms with van der Waals surface area (Å²) in [6, 6.07) is 0.764. The Balaban J connectivity index is 1.85. The highest BCUT2D eigenvalue weighted by molar-refractivity contribution is 6.04. The molecule has 0 saturated carbocycles. The van der Waals surface area contributed by atoms with Crippen molar-refractivity contribution in [3.8, 4) is 12.3 Å². The summed E-state index contributed by atoms with van der Waals surface area (Å²) in [7, 11) is 0. The molecule has 0 radical (unpaired) electrons. The van der Waals surface area contributed by atoms with Gasteiger partial charge in [0.2, 0.25) is 5.58 Å². The fraction of sp³-hybridized carbons (Fsp3) is 0.421. The van der Waals surface area contributed by atoms with E-state index < -0.39 is 18.0 Å². The first kappa shape index (κ1) is 18.3. The topological polar surface area (TPSA) is 85.1 Å². The van der Waals surface area contributed by atoms with Crippen molar-refractivity contribution in [3.63, 3.8) is 0 Å². The summed E-state index contributed by atoms with van der Waals surface area (Å²) in [4.78, 5) is 26.7. The molecule has 1 amide bonds. The molecule has 0 spiro atoms. The van der Waals surface area contributed by atoms with Crippen molar-refractivity contribution in [2.75, 3.05) is 29.5 Å². The Labute approximate surface area is 160 Å². The summed E-state index contributed by atoms with van der Waals surface area (Å²) in [6.45, 7) is 4.60. The fourth-order valence-corrected chi connectivity index (χ4v) is 3.76. The maximum Gasteiger partial charge on any atom is 0.416 e. The molecule has 2 aliphatic heterocycles. The number of benzene rings is 1. The number of halogens is 1. The van der Waals surface area contributed by atoms with E-state index in [4.69, 9.17) is 20.4 Å². The van der Waals surface area contributed by atoms with Crippen LogP contribution in [0.25, 0.3) is 11.0 Å². The first-order chi connectivity index (χ1) is 13.4. The Morgan fingerprint density at radius 1 is 1.36 bits per heavy atom. The molecule has 146 valence electrons. The Morgan fingerprint density at radius 3 is 2.71 bits per heavy atom. The molecule has 2 fully saturated rings. The van der Waals surface area contributed by atoms with Crippen LogP contribution in [0.15, 0.2) is 10.6 Å². The van der Waals surface area contributed by atoms with E-state index in [2.05, 4.69) is 11.1 Å². The minimum atomic E-state index is -0.718. The average molecular weight is 387 g/mol. The number of aromatic nitrogens is 1. The zero-order chi connectivity index (χ0) is 20.0. The lowest BCUT2D eigenvalue weighted by Crippen LogP contribution is -2.46. The average Bonchev–Trinajstić information content (AvgIpc) is 3.23. The minimum absolute atomic E-state index is 0.00561. The van der Waals surface area contributed by atoms with Crippen molar-refractivity contribution in [1.82, 2.24) is 5.16 Å². The first-order valence-electron chi connectivity index (χ1n) is 8.84. The number of nitrogens with zero attached hydrogens (tertiary/aromatic N) is 3. The molecule has 9 heteroatoms. The highest BCUT2D eigenvalue weighted by Crippen LogP contribution is 2.38. The molecule has 0 N–H and O–H groups in total. The number of carbonyl (C=O) groups excluding carboxylic acids is 2. The molecule has 8 nitrogen and oxygen atoms in total. The number of hydrogen-bond acceptors (Lipinski definition) is 7. The smallest absolute Gasteiger partial charge is 0.416 e. The third-order valence-electron chi connectivity index (χ3n) is 4.85. The molecule has 3 heterocycles. The van der Waals surface area contributed by atoms with Gasteiger partial charge < -0.3 is 18.9 Å². The Kier molecular flexibility index (Phi) is 4.43. The SMILES string of the molecule is C#C[C@H]1COC(=O)N1c1noc2c(F)c(N3C[C@@H](C)O[C@H](C)C3)c(C=O)cc12. The van der Waals surface area contributed by atoms with Crippen LogP contribution in [0.5, 0.6) is 0 Å². The molecule has 0 aliphatic carbocycles. The van der Waals surface area contributed by atoms with Crippen LogP contribution < -0.4 is 9.80 Å². The third kappa shape index (κ3) is 2.77. The van der Waals surface area contributed by atoms with Crippen LogP contribution in [0.4, 0.5) is 20.7 Å². The largest absolute Gasteiger partial charge is 0.446 e. The number of hydrogen-bond donors (Lipinski definition) is 0. The van der Waals surface area contributed by atoms with Gasteiger partial charge in [-0.25, -0.2) is 14.1 Å². The number of amides is 1. The van der Waals surface area contributed by atoms with Crippen molar-refractivity contribution in [2.24, 2.45) is 0 Å². The van der Waals surface area contributed by atoms with E-state index in [-0.39, 0.29) is 46.9 Å². The number of fused-ring (bicyclic) bond motifs is 1. The van der Waals surface area contributed by atoms with Gasteiger partial charge in [-0.1, -0.05) is 11.1 Å². The normalized spacial score (nSPS) is 25.1. The van der Waals surface area contributed by atoms with Crippen LogP contribution in [0, 0.1) is 18.2 Å². The molecule has 3 atom stereocenters. The van der Waals surface area contributed by atoms with Crippen LogP contribution in [0.3, 0.4) is 0 Å². The zero-order valence-corrected chi connectivity index (χ0v) is 15.3. The standard InChI is InChI=1S/C19H18FN3O5/c1-4-13-9-26-19(25)23(13)18-14-5-12(8-24)16(15(20)17(14)28-21-18)22-6-10(2)27-11(3)7-22/h1,5,8,10-11,13H,6-7,9H2,2-3H3/t10-,11-,13+/m1/s1. The van der Waals surface area contributed by atoms with Gasteiger partial charge in [-0.3, -0.25) is 4.79 Å². The Morgan fingerprint density at radius 2 is 2.07 bits per heavy atom. The number of cyclic esters (lactones) is 1. The molecule has 0 bridgehead atoms. The molecule has 1 aromatic heterocycles. The lowest BCUT2D eigenvalue weighted by molar-refractivity contribution is -0.00543. The lowest BCUT2D eigenvalue weighted by atomic mass is 10.1. The van der Waals surface area contributed by atoms with Gasteiger partial charge in [0.15, 0.2) is 17.9 Å². The van der Waals surface area contributed by atoms with E-state index in [0.717, 1.165) is 4.90 Å². The Bertz CT molecular complexity index is 988. The van der Waals surface area contributed by atoms with Crippen LogP contribution in [0.1, 0.15) is 24.2 Å². The van der Waals surface area contributed by atoms with Gasteiger partial charge in [0.1, 0.15) is 12.6 Å². The predicted molar refractivity (Wildman–Crippen MR) is 98.0 cm³/mol. The van der Waals surface area contributed by atoms with E-state index in [1.807, 2.05) is 13.8 Å². The maximum absolute atomic E-state index is 15.4. The molecule has 2 aromatic rings. The van der Waals surface area contributed by atoms with Gasteiger partial charge in [0.25, 0.3) is 0 Å². The van der Waals surface area contributed by atoms with Crippen LogP contribution in [-0.4, -0.2) is 55.5 Å². The molecule has 28 heavy (non-hydrogen) atoms. The summed E-state index contributed by atoms with van der Waals surface area (Å²) in [5.74, 6) is 1.73. The van der Waals surface area contributed by atoms with Crippen LogP contribution in [0.2, 0.25) is 0 Å². The molecular formula is C19H18FN3O5. The summed E-state index contributed by atoms with van der Waals surface area (Å²) in [6.07, 6.45) is 5.06. The maximum atomic E-state index is 15.4. The minimum Gasteiger partial charge on any atom is -0.446 e. The summed E-state index contributed by atoms with van der Waals surface area (Å²) in [5, 5.41) is 4.01. The van der Waals surface area contributed by atoms with Crippen molar-refractivity contribution in [3.05, 3.63) is 17.4 Å². The second kappa shape index (κ2) is 6.80. The van der Waals surface area contributed by atoms with Crippen LogP contribution >= 0.6 is 0 Å². The Hall–Kier alpha value is -3.12. The molecule has 4 rings (SSSR count). The number of rotatable bonds is 3. The van der Waals surface area contributed by atoms with Gasteiger partial charge >= 0.3 is 6.09 Å². The highest BCUT2D eigenvalue weighted by atomic mass is 19.1. The number of morpholine rings is 1. The van der Waals surface area contributed by atoms with Crippen LogP contribution in [-0.2, 0) is 9.47 Å². The summed E-state index contributed by atoms with van der Waals surface area (Å²) < 4.78 is 31.2. The van der Waals surface area contributed by atoms with E-state index in [1.165, 1.54) is 6.07 Å². The third-order valence-corrected chi connectivity index (χ3v) is 4.85. The summed E-state index contributed by atoms with van der Waals surface area (Å²) in [5.41, 5.74) is 0.100. The van der Waals surface area contributed by atoms with E-state index in [9.17, 15) is 9.59 Å². The number of ether oxygens (including phenoxy) is 2. The first-order valence-corrected chi connectivity index (χ1v) is 8.84. The predicted octanol–water partition coefficient (Wildman–Crippen LogP) is 2.35. The van der Waals surface area contributed by atoms with Gasteiger partial charge in [0, 0.05) is 18.7 Å². The van der Waals surface area contributed by atoms with Gasteiger partial charge in [0.05, 0.1) is 23.3 Å². The monoisotopic (exact) mass is 387 g/mol. The quantitative estimate of drug-likeness (QED) is 0.590. The van der Waals surface area contributed by atoms with E-state index >= 15 is 4.39 Å². The number of anilines is 2. The molecular weight excluding hydrogens is 369 g/mol. The van der Waals surface area contributed by atoms with Crippen molar-refractivity contribution in [2.45, 2.75) is 32.1 Å². The zero-order valence-electron chi connectivity index (χ0n) is 15.3. The fourth-order valence-electron chi connectivity index (χ4n) is 3.76. The second-order valence-corrected chi connectivity index (χ2v) is 6.92. The van der Waals surface area contributed by atoms with Gasteiger partial charge in [-0.2, -0.15) is 0 Å². The molecule has 0 unspecified atom stereocenters.